The van der Waals surface area contributed by atoms with Crippen LogP contribution >= 0.6 is 0 Å². The molecular formula is C15H14FN3O. The summed E-state index contributed by atoms with van der Waals surface area (Å²) in [7, 11) is 0. The van der Waals surface area contributed by atoms with Gasteiger partial charge < -0.3 is 15.7 Å². The fourth-order valence-electron chi connectivity index (χ4n) is 2.44. The Hall–Kier alpha value is -2.56. The molecule has 0 spiro atoms. The Labute approximate surface area is 116 Å². The zero-order chi connectivity index (χ0) is 14.1. The quantitative estimate of drug-likeness (QED) is 0.881. The van der Waals surface area contributed by atoms with Crippen molar-refractivity contribution in [3.63, 3.8) is 0 Å². The van der Waals surface area contributed by atoms with Crippen molar-refractivity contribution in [2.75, 3.05) is 11.4 Å². The first kappa shape index (κ1) is 12.5. The minimum atomic E-state index is -0.474. The highest BCUT2D eigenvalue weighted by molar-refractivity contribution is 5.97. The molecule has 102 valence electrons. The lowest BCUT2D eigenvalue weighted by Gasteiger charge is -2.26. The molecule has 3 N–H and O–H groups in total. The van der Waals surface area contributed by atoms with E-state index >= 15 is 0 Å². The molecule has 1 unspecified atom stereocenters. The van der Waals surface area contributed by atoms with Gasteiger partial charge in [0.2, 0.25) is 0 Å². The number of phenolic OH excluding ortho intramolecular Hbond substituents is 1. The summed E-state index contributed by atoms with van der Waals surface area (Å²) in [6, 6.07) is 13.4. The minimum Gasteiger partial charge on any atom is -0.508 e. The molecule has 0 saturated heterocycles. The maximum Gasteiger partial charge on any atom is 0.196 e. The largest absolute Gasteiger partial charge is 0.508 e. The summed E-state index contributed by atoms with van der Waals surface area (Å²) in [5.41, 5.74) is 7.47. The minimum absolute atomic E-state index is 0.0986. The van der Waals surface area contributed by atoms with E-state index in [1.165, 1.54) is 12.1 Å². The molecule has 5 heteroatoms. The highest BCUT2D eigenvalue weighted by Crippen LogP contribution is 2.32. The third-order valence-corrected chi connectivity index (χ3v) is 3.31. The molecule has 2 aromatic rings. The van der Waals surface area contributed by atoms with Crippen molar-refractivity contribution in [1.29, 1.82) is 0 Å². The number of anilines is 1. The van der Waals surface area contributed by atoms with Gasteiger partial charge in [-0.15, -0.1) is 0 Å². The third-order valence-electron chi connectivity index (χ3n) is 3.31. The van der Waals surface area contributed by atoms with Gasteiger partial charge in [0.05, 0.1) is 12.6 Å². The van der Waals surface area contributed by atoms with Crippen LogP contribution in [0.15, 0.2) is 53.5 Å². The highest BCUT2D eigenvalue weighted by Gasteiger charge is 2.29. The van der Waals surface area contributed by atoms with E-state index in [0.717, 1.165) is 11.8 Å². The third kappa shape index (κ3) is 2.18. The Balaban J connectivity index is 2.01. The van der Waals surface area contributed by atoms with Crippen molar-refractivity contribution in [1.82, 2.24) is 0 Å². The number of halogens is 1. The SMILES string of the molecule is NC1=NCC(c2cc(O)cc(F)c2)N1c1ccccc1. The van der Waals surface area contributed by atoms with Gasteiger partial charge in [0, 0.05) is 11.8 Å². The predicted molar refractivity (Wildman–Crippen MR) is 76.2 cm³/mol. The molecule has 2 aromatic carbocycles. The van der Waals surface area contributed by atoms with Crippen molar-refractivity contribution < 1.29 is 9.50 Å². The number of para-hydroxylation sites is 1. The predicted octanol–water partition coefficient (Wildman–Crippen LogP) is 2.41. The lowest BCUT2D eigenvalue weighted by atomic mass is 10.0. The molecule has 1 aliphatic heterocycles. The van der Waals surface area contributed by atoms with Gasteiger partial charge in [0.15, 0.2) is 5.96 Å². The molecule has 1 aliphatic rings. The van der Waals surface area contributed by atoms with Crippen LogP contribution in [-0.4, -0.2) is 17.6 Å². The molecule has 4 nitrogen and oxygen atoms in total. The van der Waals surface area contributed by atoms with Gasteiger partial charge in [-0.3, -0.25) is 4.99 Å². The molecule has 0 fully saturated rings. The number of nitrogens with zero attached hydrogens (tertiary/aromatic N) is 2. The van der Waals surface area contributed by atoms with Crippen molar-refractivity contribution >= 4 is 11.6 Å². The first-order valence-corrected chi connectivity index (χ1v) is 6.29. The number of nitrogens with two attached hydrogens (primary N) is 1. The normalized spacial score (nSPS) is 18.1. The Kier molecular flexibility index (Phi) is 3.02. The summed E-state index contributed by atoms with van der Waals surface area (Å²) >= 11 is 0. The molecule has 0 aliphatic carbocycles. The van der Waals surface area contributed by atoms with Crippen LogP contribution in [0.3, 0.4) is 0 Å². The molecule has 0 saturated carbocycles. The monoisotopic (exact) mass is 271 g/mol. The van der Waals surface area contributed by atoms with Crippen molar-refractivity contribution in [3.05, 3.63) is 59.9 Å². The van der Waals surface area contributed by atoms with E-state index < -0.39 is 5.82 Å². The second-order valence-corrected chi connectivity index (χ2v) is 4.66. The van der Waals surface area contributed by atoms with Gasteiger partial charge in [0.25, 0.3) is 0 Å². The van der Waals surface area contributed by atoms with Crippen LogP contribution in [0.1, 0.15) is 11.6 Å². The topological polar surface area (TPSA) is 61.9 Å². The first-order valence-electron chi connectivity index (χ1n) is 6.29. The second kappa shape index (κ2) is 4.85. The Morgan fingerprint density at radius 1 is 1.20 bits per heavy atom. The van der Waals surface area contributed by atoms with Gasteiger partial charge in [0.1, 0.15) is 11.6 Å². The van der Waals surface area contributed by atoms with Crippen LogP contribution in [0.25, 0.3) is 0 Å². The lowest BCUT2D eigenvalue weighted by molar-refractivity contribution is 0.467. The van der Waals surface area contributed by atoms with Crippen LogP contribution in [0.4, 0.5) is 10.1 Å². The average molecular weight is 271 g/mol. The van der Waals surface area contributed by atoms with E-state index in [1.54, 1.807) is 0 Å². The van der Waals surface area contributed by atoms with Crippen LogP contribution in [0.5, 0.6) is 5.75 Å². The van der Waals surface area contributed by atoms with E-state index in [1.807, 2.05) is 35.2 Å². The molecule has 0 aromatic heterocycles. The van der Waals surface area contributed by atoms with Gasteiger partial charge in [-0.05, 0) is 29.8 Å². The number of guanidine groups is 1. The van der Waals surface area contributed by atoms with Crippen LogP contribution < -0.4 is 10.6 Å². The molecular weight excluding hydrogens is 257 g/mol. The fraction of sp³-hybridized carbons (Fsp3) is 0.133. The maximum absolute atomic E-state index is 13.5. The Morgan fingerprint density at radius 3 is 2.65 bits per heavy atom. The van der Waals surface area contributed by atoms with E-state index in [-0.39, 0.29) is 11.8 Å². The summed E-state index contributed by atoms with van der Waals surface area (Å²) < 4.78 is 13.5. The zero-order valence-electron chi connectivity index (χ0n) is 10.7. The Bertz CT molecular complexity index is 637. The molecule has 1 atom stereocenters. The number of aromatic hydroxyl groups is 1. The lowest BCUT2D eigenvalue weighted by Crippen LogP contribution is -2.36. The van der Waals surface area contributed by atoms with E-state index in [9.17, 15) is 9.50 Å². The number of benzene rings is 2. The standard InChI is InChI=1S/C15H14FN3O/c16-11-6-10(7-13(20)8-11)14-9-18-15(17)19(14)12-4-2-1-3-5-12/h1-8,14,20H,9H2,(H2,17,18). The van der Waals surface area contributed by atoms with E-state index in [4.69, 9.17) is 5.73 Å². The van der Waals surface area contributed by atoms with Crippen LogP contribution in [0, 0.1) is 5.82 Å². The average Bonchev–Trinajstić information content (AvgIpc) is 2.80. The molecule has 0 radical (unpaired) electrons. The summed E-state index contributed by atoms with van der Waals surface area (Å²) in [5, 5.41) is 9.55. The first-order chi connectivity index (χ1) is 9.65. The van der Waals surface area contributed by atoms with Crippen molar-refractivity contribution in [3.8, 4) is 5.75 Å². The molecule has 0 amide bonds. The maximum atomic E-state index is 13.5. The van der Waals surface area contributed by atoms with Gasteiger partial charge in [-0.25, -0.2) is 4.39 Å². The van der Waals surface area contributed by atoms with E-state index in [2.05, 4.69) is 4.99 Å². The number of rotatable bonds is 2. The zero-order valence-corrected chi connectivity index (χ0v) is 10.7. The summed E-state index contributed by atoms with van der Waals surface area (Å²) in [5.74, 6) is -0.179. The summed E-state index contributed by atoms with van der Waals surface area (Å²) in [6.45, 7) is 0.434. The van der Waals surface area contributed by atoms with Crippen molar-refractivity contribution in [2.24, 2.45) is 10.7 Å². The fourth-order valence-corrected chi connectivity index (χ4v) is 2.44. The van der Waals surface area contributed by atoms with Crippen LogP contribution in [-0.2, 0) is 0 Å². The van der Waals surface area contributed by atoms with Gasteiger partial charge in [-0.1, -0.05) is 18.2 Å². The van der Waals surface area contributed by atoms with Gasteiger partial charge in [-0.2, -0.15) is 0 Å². The molecule has 20 heavy (non-hydrogen) atoms. The number of phenols is 1. The molecule has 3 rings (SSSR count). The van der Waals surface area contributed by atoms with Crippen LogP contribution in [0.2, 0.25) is 0 Å². The summed E-state index contributed by atoms with van der Waals surface area (Å²) in [4.78, 5) is 6.07. The second-order valence-electron chi connectivity index (χ2n) is 4.66. The van der Waals surface area contributed by atoms with Crippen molar-refractivity contribution in [2.45, 2.75) is 6.04 Å². The number of hydrogen-bond donors (Lipinski definition) is 2. The molecule has 0 bridgehead atoms. The Morgan fingerprint density at radius 2 is 1.95 bits per heavy atom. The smallest absolute Gasteiger partial charge is 0.196 e. The van der Waals surface area contributed by atoms with Gasteiger partial charge >= 0.3 is 0 Å². The number of aliphatic imine (C=N–C) groups is 1. The molecule has 1 heterocycles. The van der Waals surface area contributed by atoms with E-state index in [0.29, 0.717) is 18.1 Å². The number of hydrogen-bond acceptors (Lipinski definition) is 4. The summed E-state index contributed by atoms with van der Waals surface area (Å²) in [6.07, 6.45) is 0. The highest BCUT2D eigenvalue weighted by atomic mass is 19.1.